The number of nitrogens with one attached hydrogen (secondary N) is 1. The molecular formula is C35H51N3O9. The van der Waals surface area contributed by atoms with Crippen molar-refractivity contribution in [3.63, 3.8) is 0 Å². The quantitative estimate of drug-likeness (QED) is 0.125. The maximum Gasteiger partial charge on any atom is 0.412 e. The first kappa shape index (κ1) is 36.2. The molecule has 12 nitrogen and oxygen atoms in total. The minimum atomic E-state index is -1.36. The Morgan fingerprint density at radius 2 is 1.91 bits per heavy atom. The van der Waals surface area contributed by atoms with Crippen molar-refractivity contribution >= 4 is 17.9 Å². The summed E-state index contributed by atoms with van der Waals surface area (Å²) in [7, 11) is 3.00. The average Bonchev–Trinajstić information content (AvgIpc) is 3.07. The minimum Gasteiger partial charge on any atom is -0.459 e. The molecule has 12 heteroatoms. The molecule has 2 amide bonds. The molecule has 3 N–H and O–H groups in total. The molecule has 4 rings (SSSR count). The third-order valence-electron chi connectivity index (χ3n) is 9.41. The van der Waals surface area contributed by atoms with Crippen LogP contribution in [0.2, 0.25) is 0 Å². The fourth-order valence-corrected chi connectivity index (χ4v) is 7.49. The summed E-state index contributed by atoms with van der Waals surface area (Å²) in [4.78, 5) is 32.8. The standard InChI is InChI=1S/C35H51N3O9/c1-6-19-44-35-30(38(4)34(42)43-5)22-28(37-45-8-3)26-20-23(13-9-11-17-39)25(14-10-12-18-40)31(32(26)35)27-21-24(15-16-29(27)47-35)46-33(41)36-7-2/h6,15-16,20-21,23,25,30-32,39-40H,1,7-14,17-19,22H2,2-5H3,(H,36,41)/t23-,25+,30-,31+,32+,35+/m0/s1. The van der Waals surface area contributed by atoms with Crippen LogP contribution < -0.4 is 14.8 Å². The normalized spacial score (nSPS) is 26.6. The van der Waals surface area contributed by atoms with E-state index < -0.39 is 29.9 Å². The molecule has 1 aromatic rings. The van der Waals surface area contributed by atoms with Gasteiger partial charge in [0.25, 0.3) is 0 Å². The van der Waals surface area contributed by atoms with Crippen LogP contribution in [0.25, 0.3) is 0 Å². The van der Waals surface area contributed by atoms with Gasteiger partial charge in [0.1, 0.15) is 24.1 Å². The predicted molar refractivity (Wildman–Crippen MR) is 176 cm³/mol. The smallest absolute Gasteiger partial charge is 0.412 e. The first-order chi connectivity index (χ1) is 22.8. The molecule has 1 heterocycles. The Balaban J connectivity index is 2.00. The molecule has 6 atom stereocenters. The second-order valence-corrected chi connectivity index (χ2v) is 12.2. The summed E-state index contributed by atoms with van der Waals surface area (Å²) in [5.41, 5.74) is 2.48. The van der Waals surface area contributed by atoms with E-state index in [0.29, 0.717) is 43.2 Å². The van der Waals surface area contributed by atoms with E-state index in [-0.39, 0.29) is 44.0 Å². The van der Waals surface area contributed by atoms with Crippen molar-refractivity contribution in [2.75, 3.05) is 47.1 Å². The van der Waals surface area contributed by atoms with Gasteiger partial charge < -0.3 is 44.2 Å². The summed E-state index contributed by atoms with van der Waals surface area (Å²) in [5.74, 6) is -0.948. The summed E-state index contributed by atoms with van der Waals surface area (Å²) >= 11 is 0. The summed E-state index contributed by atoms with van der Waals surface area (Å²) in [6, 6.07) is 4.69. The topological polar surface area (TPSA) is 148 Å². The van der Waals surface area contributed by atoms with Crippen LogP contribution in [0, 0.1) is 17.8 Å². The number of hydrogen-bond donors (Lipinski definition) is 3. The second-order valence-electron chi connectivity index (χ2n) is 12.2. The zero-order chi connectivity index (χ0) is 34.0. The van der Waals surface area contributed by atoms with Gasteiger partial charge in [-0.2, -0.15) is 0 Å². The Hall–Kier alpha value is -3.61. The molecule has 0 unspecified atom stereocenters. The molecule has 0 saturated heterocycles. The molecule has 1 aliphatic heterocycles. The fraction of sp³-hybridized carbons (Fsp3) is 0.629. The number of oxime groups is 1. The van der Waals surface area contributed by atoms with E-state index in [0.717, 1.165) is 36.8 Å². The minimum absolute atomic E-state index is 0.0543. The molecule has 0 bridgehead atoms. The van der Waals surface area contributed by atoms with E-state index in [9.17, 15) is 19.8 Å². The number of carbonyl (C=O) groups excluding carboxylic acids is 2. The first-order valence-corrected chi connectivity index (χ1v) is 16.8. The van der Waals surface area contributed by atoms with Crippen LogP contribution in [-0.2, 0) is 14.3 Å². The van der Waals surface area contributed by atoms with Gasteiger partial charge in [-0.05, 0) is 75.1 Å². The lowest BCUT2D eigenvalue weighted by atomic mass is 9.55. The molecule has 0 aromatic heterocycles. The lowest BCUT2D eigenvalue weighted by Gasteiger charge is -2.59. The number of aliphatic hydroxyl groups excluding tert-OH is 2. The van der Waals surface area contributed by atoms with Gasteiger partial charge in [-0.1, -0.05) is 30.1 Å². The van der Waals surface area contributed by atoms with E-state index in [1.807, 2.05) is 19.9 Å². The number of methoxy groups -OCH3 is 1. The van der Waals surface area contributed by atoms with E-state index in [2.05, 4.69) is 23.1 Å². The zero-order valence-electron chi connectivity index (χ0n) is 28.1. The van der Waals surface area contributed by atoms with Gasteiger partial charge in [-0.25, -0.2) is 9.59 Å². The summed E-state index contributed by atoms with van der Waals surface area (Å²) < 4.78 is 24.6. The van der Waals surface area contributed by atoms with Gasteiger partial charge in [0.15, 0.2) is 0 Å². The summed E-state index contributed by atoms with van der Waals surface area (Å²) in [6.07, 6.45) is 7.68. The van der Waals surface area contributed by atoms with E-state index in [1.54, 1.807) is 25.3 Å². The number of hydrogen-bond acceptors (Lipinski definition) is 10. The van der Waals surface area contributed by atoms with Gasteiger partial charge in [0, 0.05) is 44.7 Å². The largest absolute Gasteiger partial charge is 0.459 e. The van der Waals surface area contributed by atoms with E-state index >= 15 is 0 Å². The zero-order valence-corrected chi connectivity index (χ0v) is 28.1. The van der Waals surface area contributed by atoms with Crippen LogP contribution in [0.3, 0.4) is 0 Å². The fourth-order valence-electron chi connectivity index (χ4n) is 7.49. The van der Waals surface area contributed by atoms with Gasteiger partial charge in [-0.3, -0.25) is 0 Å². The lowest BCUT2D eigenvalue weighted by molar-refractivity contribution is -0.253. The SMILES string of the molecule is C=CCO[C@@]12Oc3ccc(OC(=O)NCC)cc3[C@H]3[C@H](CCCCO)[C@@H](CCCCO)C=C(C(=NOCC)C[C@@H]1N(C)C(=O)OC)[C@H]32. The van der Waals surface area contributed by atoms with Crippen molar-refractivity contribution in [1.29, 1.82) is 0 Å². The molecule has 47 heavy (non-hydrogen) atoms. The van der Waals surface area contributed by atoms with Crippen molar-refractivity contribution < 1.29 is 43.6 Å². The second kappa shape index (κ2) is 17.0. The molecule has 1 aromatic carbocycles. The number of allylic oxidation sites excluding steroid dienone is 1. The van der Waals surface area contributed by atoms with Crippen LogP contribution in [0.4, 0.5) is 9.59 Å². The van der Waals surface area contributed by atoms with E-state index in [4.69, 9.17) is 23.8 Å². The molecule has 0 radical (unpaired) electrons. The number of ether oxygens (including phenoxy) is 4. The average molecular weight is 658 g/mol. The van der Waals surface area contributed by atoms with Crippen LogP contribution in [-0.4, -0.2) is 92.0 Å². The number of unbranched alkanes of at least 4 members (excludes halogenated alkanes) is 2. The third kappa shape index (κ3) is 7.76. The van der Waals surface area contributed by atoms with Crippen LogP contribution >= 0.6 is 0 Å². The molecule has 3 aliphatic rings. The Morgan fingerprint density at radius 3 is 2.57 bits per heavy atom. The number of fused-ring (bicyclic) bond motifs is 2. The highest BCUT2D eigenvalue weighted by atomic mass is 16.7. The number of nitrogens with zero attached hydrogens (tertiary/aromatic N) is 2. The number of aliphatic hydroxyl groups is 2. The highest BCUT2D eigenvalue weighted by molar-refractivity contribution is 6.02. The maximum atomic E-state index is 13.1. The molecule has 1 fully saturated rings. The predicted octanol–water partition coefficient (Wildman–Crippen LogP) is 5.15. The monoisotopic (exact) mass is 657 g/mol. The lowest BCUT2D eigenvalue weighted by Crippen LogP contribution is -2.69. The van der Waals surface area contributed by atoms with Crippen molar-refractivity contribution in [3.8, 4) is 11.5 Å². The number of amides is 2. The Kier molecular flexibility index (Phi) is 13.1. The van der Waals surface area contributed by atoms with Gasteiger partial charge in [0.2, 0.25) is 5.79 Å². The number of likely N-dealkylation sites (N-methyl/N-ethyl adjacent to an activating group) is 1. The Morgan fingerprint density at radius 1 is 1.17 bits per heavy atom. The number of benzene rings is 1. The number of rotatable bonds is 16. The van der Waals surface area contributed by atoms with Gasteiger partial charge >= 0.3 is 12.2 Å². The van der Waals surface area contributed by atoms with Crippen molar-refractivity contribution in [2.24, 2.45) is 22.9 Å². The molecule has 1 saturated carbocycles. The van der Waals surface area contributed by atoms with Crippen LogP contribution in [0.1, 0.15) is 70.3 Å². The Labute approximate surface area is 277 Å². The number of carbonyl (C=O) groups is 2. The highest BCUT2D eigenvalue weighted by Crippen LogP contribution is 2.61. The van der Waals surface area contributed by atoms with E-state index in [1.165, 1.54) is 12.0 Å². The molecule has 2 aliphatic carbocycles. The highest BCUT2D eigenvalue weighted by Gasteiger charge is 2.65. The summed E-state index contributed by atoms with van der Waals surface area (Å²) in [6.45, 7) is 8.73. The molecular weight excluding hydrogens is 606 g/mol. The molecule has 0 spiro atoms. The Bertz CT molecular complexity index is 1300. The van der Waals surface area contributed by atoms with Crippen LogP contribution in [0.15, 0.2) is 47.7 Å². The van der Waals surface area contributed by atoms with Crippen molar-refractivity contribution in [2.45, 2.75) is 76.5 Å². The maximum absolute atomic E-state index is 13.1. The van der Waals surface area contributed by atoms with Gasteiger partial charge in [0.05, 0.1) is 25.3 Å². The van der Waals surface area contributed by atoms with Gasteiger partial charge in [-0.15, -0.1) is 6.58 Å². The first-order valence-electron chi connectivity index (χ1n) is 16.8. The third-order valence-corrected chi connectivity index (χ3v) is 9.41. The molecule has 260 valence electrons. The summed E-state index contributed by atoms with van der Waals surface area (Å²) in [5, 5.41) is 26.6. The van der Waals surface area contributed by atoms with Crippen molar-refractivity contribution in [3.05, 3.63) is 48.1 Å². The van der Waals surface area contributed by atoms with Crippen molar-refractivity contribution in [1.82, 2.24) is 10.2 Å². The van der Waals surface area contributed by atoms with Crippen LogP contribution in [0.5, 0.6) is 11.5 Å².